The minimum atomic E-state index is -2.31. The van der Waals surface area contributed by atoms with Crippen LogP contribution in [0.1, 0.15) is 12.5 Å². The first-order valence-electron chi connectivity index (χ1n) is 6.41. The molecule has 0 bridgehead atoms. The van der Waals surface area contributed by atoms with Crippen molar-refractivity contribution in [1.29, 1.82) is 0 Å². The van der Waals surface area contributed by atoms with Crippen molar-refractivity contribution >= 4 is 24.7 Å². The van der Waals surface area contributed by atoms with Crippen LogP contribution in [0.3, 0.4) is 0 Å². The molecule has 3 N–H and O–H groups in total. The number of ether oxygens (including phenoxy) is 1. The third-order valence-electron chi connectivity index (χ3n) is 3.29. The monoisotopic (exact) mass is 288 g/mol. The summed E-state index contributed by atoms with van der Waals surface area (Å²) in [6.45, 7) is 1.28. The number of H-pyrrole nitrogens is 1. The van der Waals surface area contributed by atoms with Gasteiger partial charge < -0.3 is 24.8 Å². The second-order valence-electron chi connectivity index (χ2n) is 5.11. The fraction of sp³-hybridized carbons (Fsp3) is 0.357. The number of rotatable bonds is 4. The Bertz CT molecular complexity index is 666. The SMILES string of the molecule is [B]C(N(C)C)C(O)(O)c1c[nH]c2cccc(OC(C)=O)c12. The largest absolute Gasteiger partial charge is 0.426 e. The third kappa shape index (κ3) is 2.80. The molecule has 0 spiro atoms. The van der Waals surface area contributed by atoms with Gasteiger partial charge in [0.1, 0.15) is 5.75 Å². The molecule has 0 aliphatic carbocycles. The average molecular weight is 288 g/mol. The number of nitrogens with one attached hydrogen (secondary N) is 1. The van der Waals surface area contributed by atoms with Gasteiger partial charge in [0.2, 0.25) is 0 Å². The number of carbonyl (C=O) groups is 1. The van der Waals surface area contributed by atoms with Crippen LogP contribution in [0.2, 0.25) is 0 Å². The lowest BCUT2D eigenvalue weighted by Gasteiger charge is -2.33. The molecule has 0 saturated carbocycles. The highest BCUT2D eigenvalue weighted by Gasteiger charge is 2.37. The normalized spacial score (nSPS) is 13.6. The Kier molecular flexibility index (Phi) is 4.09. The zero-order valence-corrected chi connectivity index (χ0v) is 12.1. The highest BCUT2D eigenvalue weighted by Crippen LogP contribution is 2.35. The summed E-state index contributed by atoms with van der Waals surface area (Å²) < 4.78 is 5.13. The van der Waals surface area contributed by atoms with E-state index in [4.69, 9.17) is 12.6 Å². The molecule has 1 atom stereocenters. The number of esters is 1. The number of benzene rings is 1. The average Bonchev–Trinajstić information content (AvgIpc) is 2.82. The summed E-state index contributed by atoms with van der Waals surface area (Å²) in [5.74, 6) is -3.61. The third-order valence-corrected chi connectivity index (χ3v) is 3.29. The molecule has 110 valence electrons. The summed E-state index contributed by atoms with van der Waals surface area (Å²) in [6.07, 6.45) is 1.45. The molecule has 1 aromatic carbocycles. The van der Waals surface area contributed by atoms with E-state index < -0.39 is 17.7 Å². The molecule has 1 unspecified atom stereocenters. The van der Waals surface area contributed by atoms with E-state index in [9.17, 15) is 15.0 Å². The molecule has 2 radical (unpaired) electrons. The van der Waals surface area contributed by atoms with Gasteiger partial charge in [0.25, 0.3) is 0 Å². The Hall–Kier alpha value is -1.83. The summed E-state index contributed by atoms with van der Waals surface area (Å²) in [5.41, 5.74) is 0.762. The Balaban J connectivity index is 2.62. The summed E-state index contributed by atoms with van der Waals surface area (Å²) in [6, 6.07) is 5.02. The lowest BCUT2D eigenvalue weighted by molar-refractivity contribution is -0.190. The van der Waals surface area contributed by atoms with Crippen molar-refractivity contribution in [3.8, 4) is 5.75 Å². The van der Waals surface area contributed by atoms with Gasteiger partial charge in [0.05, 0.1) is 13.2 Å². The molecule has 0 aliphatic rings. The number of nitrogens with zero attached hydrogens (tertiary/aromatic N) is 1. The lowest BCUT2D eigenvalue weighted by atomic mass is 9.82. The van der Waals surface area contributed by atoms with Crippen LogP contribution in [0, 0.1) is 0 Å². The quantitative estimate of drug-likeness (QED) is 0.326. The van der Waals surface area contributed by atoms with Gasteiger partial charge in [0, 0.05) is 30.1 Å². The minimum Gasteiger partial charge on any atom is -0.426 e. The number of aromatic nitrogens is 1. The summed E-state index contributed by atoms with van der Waals surface area (Å²) in [4.78, 5) is 15.6. The number of aromatic amines is 1. The minimum absolute atomic E-state index is 0.149. The first kappa shape index (κ1) is 15.6. The van der Waals surface area contributed by atoms with Gasteiger partial charge >= 0.3 is 5.97 Å². The van der Waals surface area contributed by atoms with Gasteiger partial charge in [-0.1, -0.05) is 6.07 Å². The fourth-order valence-electron chi connectivity index (χ4n) is 2.20. The molecule has 1 aromatic heterocycles. The predicted molar refractivity (Wildman–Crippen MR) is 79.0 cm³/mol. The first-order chi connectivity index (χ1) is 9.75. The van der Waals surface area contributed by atoms with E-state index >= 15 is 0 Å². The van der Waals surface area contributed by atoms with Crippen molar-refractivity contribution in [3.63, 3.8) is 0 Å². The number of aliphatic hydroxyl groups is 2. The van der Waals surface area contributed by atoms with Crippen molar-refractivity contribution in [3.05, 3.63) is 30.0 Å². The first-order valence-corrected chi connectivity index (χ1v) is 6.41. The van der Waals surface area contributed by atoms with E-state index in [-0.39, 0.29) is 11.3 Å². The second kappa shape index (κ2) is 5.52. The Morgan fingerprint density at radius 3 is 2.67 bits per heavy atom. The fourth-order valence-corrected chi connectivity index (χ4v) is 2.20. The van der Waals surface area contributed by atoms with Crippen LogP contribution >= 0.6 is 0 Å². The van der Waals surface area contributed by atoms with Crippen LogP contribution in [0.4, 0.5) is 0 Å². The molecule has 0 saturated heterocycles. The van der Waals surface area contributed by atoms with Gasteiger partial charge in [-0.3, -0.25) is 4.79 Å². The van der Waals surface area contributed by atoms with Gasteiger partial charge in [-0.05, 0) is 26.2 Å². The van der Waals surface area contributed by atoms with Crippen molar-refractivity contribution in [2.24, 2.45) is 0 Å². The van der Waals surface area contributed by atoms with E-state index in [1.165, 1.54) is 18.0 Å². The molecular weight excluding hydrogens is 271 g/mol. The molecule has 0 amide bonds. The maximum atomic E-state index is 11.2. The van der Waals surface area contributed by atoms with Crippen molar-refractivity contribution in [1.82, 2.24) is 9.88 Å². The summed E-state index contributed by atoms with van der Waals surface area (Å²) >= 11 is 0. The molecule has 7 heteroatoms. The summed E-state index contributed by atoms with van der Waals surface area (Å²) in [5, 5.41) is 21.2. The van der Waals surface area contributed by atoms with Crippen LogP contribution in [0.5, 0.6) is 5.75 Å². The van der Waals surface area contributed by atoms with E-state index in [2.05, 4.69) is 4.98 Å². The van der Waals surface area contributed by atoms with E-state index in [0.29, 0.717) is 10.9 Å². The second-order valence-corrected chi connectivity index (χ2v) is 5.11. The topological polar surface area (TPSA) is 85.8 Å². The molecule has 0 aliphatic heterocycles. The van der Waals surface area contributed by atoms with Gasteiger partial charge in [0.15, 0.2) is 5.79 Å². The molecule has 2 aromatic rings. The van der Waals surface area contributed by atoms with E-state index in [1.54, 1.807) is 32.3 Å². The van der Waals surface area contributed by atoms with E-state index in [0.717, 1.165) is 0 Å². The Morgan fingerprint density at radius 1 is 1.43 bits per heavy atom. The summed E-state index contributed by atoms with van der Waals surface area (Å²) in [7, 11) is 9.10. The Morgan fingerprint density at radius 2 is 2.10 bits per heavy atom. The molecule has 0 fully saturated rings. The van der Waals surface area contributed by atoms with Crippen LogP contribution in [-0.4, -0.2) is 53.9 Å². The zero-order valence-electron chi connectivity index (χ0n) is 12.1. The molecular formula is C14H17BN2O4. The molecule has 21 heavy (non-hydrogen) atoms. The number of likely N-dealkylation sites (N-methyl/N-ethyl adjacent to an activating group) is 1. The Labute approximate surface area is 123 Å². The molecule has 1 heterocycles. The maximum Gasteiger partial charge on any atom is 0.308 e. The van der Waals surface area contributed by atoms with Gasteiger partial charge in [-0.2, -0.15) is 0 Å². The van der Waals surface area contributed by atoms with E-state index in [1.807, 2.05) is 0 Å². The standard InChI is InChI=1S/C14H17BN2O4/c1-8(18)21-11-6-4-5-10-12(11)9(7-16-10)14(19,20)13(15)17(2)3/h4-7,13,16,19-20H,1-3H3. The molecule has 6 nitrogen and oxygen atoms in total. The maximum absolute atomic E-state index is 11.2. The highest BCUT2D eigenvalue weighted by atomic mass is 16.5. The number of fused-ring (bicyclic) bond motifs is 1. The number of hydrogen-bond donors (Lipinski definition) is 3. The van der Waals surface area contributed by atoms with Gasteiger partial charge in [-0.15, -0.1) is 0 Å². The zero-order chi connectivity index (χ0) is 15.8. The van der Waals surface area contributed by atoms with Crippen LogP contribution in [0.15, 0.2) is 24.4 Å². The lowest BCUT2D eigenvalue weighted by Crippen LogP contribution is -2.48. The number of carbonyl (C=O) groups excluding carboxylic acids is 1. The van der Waals surface area contributed by atoms with Gasteiger partial charge in [-0.25, -0.2) is 0 Å². The van der Waals surface area contributed by atoms with Crippen molar-refractivity contribution < 1.29 is 19.7 Å². The predicted octanol–water partition coefficient (Wildman–Crippen LogP) is 0.287. The van der Waals surface area contributed by atoms with Crippen LogP contribution < -0.4 is 4.74 Å². The highest BCUT2D eigenvalue weighted by molar-refractivity contribution is 6.12. The van der Waals surface area contributed by atoms with Crippen molar-refractivity contribution in [2.45, 2.75) is 18.7 Å². The van der Waals surface area contributed by atoms with Crippen molar-refractivity contribution in [2.75, 3.05) is 14.1 Å². The van der Waals surface area contributed by atoms with Crippen LogP contribution in [-0.2, 0) is 10.6 Å². The number of hydrogen-bond acceptors (Lipinski definition) is 5. The molecule has 2 rings (SSSR count). The van der Waals surface area contributed by atoms with Crippen LogP contribution in [0.25, 0.3) is 10.9 Å². The smallest absolute Gasteiger partial charge is 0.308 e.